The Morgan fingerprint density at radius 3 is 2.53 bits per heavy atom. The Kier molecular flexibility index (Phi) is 3.81. The number of carbonyl (C=O) groups excluding carboxylic acids is 1. The number of hydrogen-bond donors (Lipinski definition) is 1. The summed E-state index contributed by atoms with van der Waals surface area (Å²) >= 11 is 3.30. The van der Waals surface area contributed by atoms with Crippen LogP contribution in [0.5, 0.6) is 0 Å². The predicted molar refractivity (Wildman–Crippen MR) is 62.8 cm³/mol. The van der Waals surface area contributed by atoms with Gasteiger partial charge in [-0.05, 0) is 20.3 Å². The highest BCUT2D eigenvalue weighted by atomic mass is 79.9. The van der Waals surface area contributed by atoms with Gasteiger partial charge in [0, 0.05) is 10.9 Å². The van der Waals surface area contributed by atoms with Crippen molar-refractivity contribution < 1.29 is 13.2 Å². The first-order chi connectivity index (χ1) is 6.76. The average Bonchev–Trinajstić information content (AvgIpc) is 2.45. The van der Waals surface area contributed by atoms with E-state index in [2.05, 4.69) is 21.2 Å². The van der Waals surface area contributed by atoms with Gasteiger partial charge in [-0.1, -0.05) is 15.9 Å². The van der Waals surface area contributed by atoms with Crippen molar-refractivity contribution in [2.45, 2.75) is 25.8 Å². The summed E-state index contributed by atoms with van der Waals surface area (Å²) in [5.74, 6) is -0.384. The summed E-state index contributed by atoms with van der Waals surface area (Å²) in [4.78, 5) is 11.7. The van der Waals surface area contributed by atoms with Crippen molar-refractivity contribution in [1.82, 2.24) is 5.32 Å². The second kappa shape index (κ2) is 4.41. The number of hydrogen-bond acceptors (Lipinski definition) is 3. The topological polar surface area (TPSA) is 63.2 Å². The SMILES string of the molecule is CC(C)(CBr)NC(=O)C1CCS(=O)(=O)C1. The Labute approximate surface area is 98.9 Å². The smallest absolute Gasteiger partial charge is 0.224 e. The number of amides is 1. The summed E-state index contributed by atoms with van der Waals surface area (Å²) in [5.41, 5.74) is -0.330. The van der Waals surface area contributed by atoms with Gasteiger partial charge < -0.3 is 5.32 Å². The minimum atomic E-state index is -2.98. The predicted octanol–water partition coefficient (Wildman–Crippen LogP) is 0.711. The first-order valence-electron chi connectivity index (χ1n) is 4.84. The fraction of sp³-hybridized carbons (Fsp3) is 0.889. The molecule has 0 bridgehead atoms. The lowest BCUT2D eigenvalue weighted by Crippen LogP contribution is -2.47. The summed E-state index contributed by atoms with van der Waals surface area (Å²) in [7, 11) is -2.98. The van der Waals surface area contributed by atoms with E-state index in [-0.39, 0.29) is 28.9 Å². The molecule has 1 saturated heterocycles. The molecule has 1 fully saturated rings. The standard InChI is InChI=1S/C9H16BrNO3S/c1-9(2,6-10)11-8(12)7-3-4-15(13,14)5-7/h7H,3-6H2,1-2H3,(H,11,12). The lowest BCUT2D eigenvalue weighted by atomic mass is 10.0. The van der Waals surface area contributed by atoms with Gasteiger partial charge in [-0.25, -0.2) is 8.42 Å². The van der Waals surface area contributed by atoms with Crippen LogP contribution < -0.4 is 5.32 Å². The first-order valence-corrected chi connectivity index (χ1v) is 7.78. The van der Waals surface area contributed by atoms with Gasteiger partial charge in [0.25, 0.3) is 0 Å². The molecule has 0 radical (unpaired) electrons. The molecule has 4 nitrogen and oxygen atoms in total. The molecule has 1 atom stereocenters. The van der Waals surface area contributed by atoms with Crippen LogP contribution in [0.3, 0.4) is 0 Å². The molecule has 0 spiro atoms. The summed E-state index contributed by atoms with van der Waals surface area (Å²) in [5, 5.41) is 3.48. The molecule has 1 aliphatic heterocycles. The van der Waals surface area contributed by atoms with Crippen molar-refractivity contribution in [3.05, 3.63) is 0 Å². The first kappa shape index (κ1) is 13.0. The number of carbonyl (C=O) groups is 1. The average molecular weight is 298 g/mol. The minimum Gasteiger partial charge on any atom is -0.350 e. The molecule has 1 unspecified atom stereocenters. The molecule has 15 heavy (non-hydrogen) atoms. The Balaban J connectivity index is 2.57. The lowest BCUT2D eigenvalue weighted by Gasteiger charge is -2.25. The highest BCUT2D eigenvalue weighted by Gasteiger charge is 2.34. The maximum Gasteiger partial charge on any atom is 0.224 e. The van der Waals surface area contributed by atoms with E-state index >= 15 is 0 Å². The maximum absolute atomic E-state index is 11.7. The Morgan fingerprint density at radius 2 is 2.13 bits per heavy atom. The fourth-order valence-electron chi connectivity index (χ4n) is 1.47. The van der Waals surface area contributed by atoms with Gasteiger partial charge in [0.2, 0.25) is 5.91 Å². The number of halogens is 1. The van der Waals surface area contributed by atoms with Crippen LogP contribution in [0.15, 0.2) is 0 Å². The number of rotatable bonds is 3. The van der Waals surface area contributed by atoms with E-state index in [0.29, 0.717) is 11.8 Å². The molecule has 0 saturated carbocycles. The van der Waals surface area contributed by atoms with Crippen molar-refractivity contribution in [1.29, 1.82) is 0 Å². The zero-order valence-electron chi connectivity index (χ0n) is 8.92. The quantitative estimate of drug-likeness (QED) is 0.781. The largest absolute Gasteiger partial charge is 0.350 e. The van der Waals surface area contributed by atoms with Crippen LogP contribution in [0.1, 0.15) is 20.3 Å². The fourth-order valence-corrected chi connectivity index (χ4v) is 3.35. The summed E-state index contributed by atoms with van der Waals surface area (Å²) < 4.78 is 22.4. The van der Waals surface area contributed by atoms with Gasteiger partial charge in [-0.3, -0.25) is 4.79 Å². The van der Waals surface area contributed by atoms with E-state index < -0.39 is 9.84 Å². The number of sulfone groups is 1. The molecule has 0 aromatic heterocycles. The van der Waals surface area contributed by atoms with Gasteiger partial charge in [0.1, 0.15) is 0 Å². The Morgan fingerprint density at radius 1 is 1.53 bits per heavy atom. The van der Waals surface area contributed by atoms with E-state index in [9.17, 15) is 13.2 Å². The van der Waals surface area contributed by atoms with Crippen LogP contribution in [0, 0.1) is 5.92 Å². The molecular weight excluding hydrogens is 282 g/mol. The third kappa shape index (κ3) is 3.75. The highest BCUT2D eigenvalue weighted by molar-refractivity contribution is 9.09. The molecule has 1 heterocycles. The molecule has 88 valence electrons. The second-order valence-electron chi connectivity index (χ2n) is 4.61. The molecule has 1 rings (SSSR count). The van der Waals surface area contributed by atoms with Crippen molar-refractivity contribution in [2.75, 3.05) is 16.8 Å². The molecule has 1 amide bonds. The highest BCUT2D eigenvalue weighted by Crippen LogP contribution is 2.19. The van der Waals surface area contributed by atoms with Crippen LogP contribution in [-0.4, -0.2) is 36.7 Å². The van der Waals surface area contributed by atoms with Gasteiger partial charge in [0.05, 0.1) is 17.4 Å². The third-order valence-corrected chi connectivity index (χ3v) is 5.57. The van der Waals surface area contributed by atoms with Gasteiger partial charge in [0.15, 0.2) is 9.84 Å². The van der Waals surface area contributed by atoms with Gasteiger partial charge >= 0.3 is 0 Å². The lowest BCUT2D eigenvalue weighted by molar-refractivity contribution is -0.125. The van der Waals surface area contributed by atoms with E-state index in [4.69, 9.17) is 0 Å². The molecule has 1 N–H and O–H groups in total. The van der Waals surface area contributed by atoms with E-state index in [0.717, 1.165) is 0 Å². The van der Waals surface area contributed by atoms with Crippen molar-refractivity contribution in [2.24, 2.45) is 5.92 Å². The summed E-state index contributed by atoms with van der Waals surface area (Å²) in [6, 6.07) is 0. The minimum absolute atomic E-state index is 0.00278. The van der Waals surface area contributed by atoms with Crippen LogP contribution in [0.25, 0.3) is 0 Å². The summed E-state index contributed by atoms with van der Waals surface area (Å²) in [6.45, 7) is 3.78. The molecule has 0 aromatic rings. The van der Waals surface area contributed by atoms with E-state index in [1.807, 2.05) is 13.8 Å². The van der Waals surface area contributed by atoms with E-state index in [1.165, 1.54) is 0 Å². The summed E-state index contributed by atoms with van der Waals surface area (Å²) in [6.07, 6.45) is 0.451. The normalized spacial score (nSPS) is 25.1. The van der Waals surface area contributed by atoms with Crippen LogP contribution in [0.4, 0.5) is 0 Å². The number of nitrogens with one attached hydrogen (secondary N) is 1. The molecule has 0 aromatic carbocycles. The van der Waals surface area contributed by atoms with Crippen molar-refractivity contribution >= 4 is 31.7 Å². The molecule has 0 aliphatic carbocycles. The zero-order valence-corrected chi connectivity index (χ0v) is 11.3. The monoisotopic (exact) mass is 297 g/mol. The third-order valence-electron chi connectivity index (χ3n) is 2.40. The Bertz CT molecular complexity index is 350. The molecule has 1 aliphatic rings. The van der Waals surface area contributed by atoms with Gasteiger partial charge in [-0.15, -0.1) is 0 Å². The second-order valence-corrected chi connectivity index (χ2v) is 7.40. The Hall–Kier alpha value is -0.100. The maximum atomic E-state index is 11.7. The zero-order chi connectivity index (χ0) is 11.7. The van der Waals surface area contributed by atoms with Crippen molar-refractivity contribution in [3.8, 4) is 0 Å². The van der Waals surface area contributed by atoms with Crippen LogP contribution >= 0.6 is 15.9 Å². The van der Waals surface area contributed by atoms with E-state index in [1.54, 1.807) is 0 Å². The van der Waals surface area contributed by atoms with Crippen LogP contribution in [-0.2, 0) is 14.6 Å². The van der Waals surface area contributed by atoms with Crippen molar-refractivity contribution in [3.63, 3.8) is 0 Å². The number of alkyl halides is 1. The molecular formula is C9H16BrNO3S. The van der Waals surface area contributed by atoms with Gasteiger partial charge in [-0.2, -0.15) is 0 Å². The molecule has 6 heteroatoms. The van der Waals surface area contributed by atoms with Crippen LogP contribution in [0.2, 0.25) is 0 Å².